The zero-order valence-electron chi connectivity index (χ0n) is 9.59. The molecule has 0 aromatic carbocycles. The number of rotatable bonds is 3. The Hall–Kier alpha value is -0.790. The maximum Gasteiger partial charge on any atom is 0.302 e. The Balaban J connectivity index is 2.50. The molecule has 1 rings (SSSR count). The van der Waals surface area contributed by atoms with Gasteiger partial charge in [0.15, 0.2) is 0 Å². The van der Waals surface area contributed by atoms with Crippen molar-refractivity contribution in [1.82, 2.24) is 0 Å². The van der Waals surface area contributed by atoms with Crippen molar-refractivity contribution < 1.29 is 9.53 Å². The van der Waals surface area contributed by atoms with Crippen molar-refractivity contribution in [2.24, 2.45) is 10.8 Å². The molecule has 0 fully saturated rings. The van der Waals surface area contributed by atoms with Gasteiger partial charge < -0.3 is 4.74 Å². The second kappa shape index (κ2) is 3.76. The van der Waals surface area contributed by atoms with E-state index in [1.54, 1.807) is 0 Å². The lowest BCUT2D eigenvalue weighted by molar-refractivity contribution is -0.141. The summed E-state index contributed by atoms with van der Waals surface area (Å²) in [6.45, 7) is 8.75. The SMILES string of the molecule is CC(=O)OCCC1(C)C=CCC1(C)C. The molecule has 0 aliphatic heterocycles. The first-order valence-electron chi connectivity index (χ1n) is 5.18. The second-order valence-electron chi connectivity index (χ2n) is 5.00. The van der Waals surface area contributed by atoms with Gasteiger partial charge in [0.05, 0.1) is 6.61 Å². The Morgan fingerprint density at radius 2 is 2.07 bits per heavy atom. The van der Waals surface area contributed by atoms with E-state index >= 15 is 0 Å². The van der Waals surface area contributed by atoms with Gasteiger partial charge in [-0.05, 0) is 23.7 Å². The number of ether oxygens (including phenoxy) is 1. The summed E-state index contributed by atoms with van der Waals surface area (Å²) in [6, 6.07) is 0. The fraction of sp³-hybridized carbons (Fsp3) is 0.750. The lowest BCUT2D eigenvalue weighted by Crippen LogP contribution is -2.31. The van der Waals surface area contributed by atoms with Crippen LogP contribution in [0.1, 0.15) is 40.5 Å². The highest BCUT2D eigenvalue weighted by Gasteiger charge is 2.41. The van der Waals surface area contributed by atoms with Crippen LogP contribution < -0.4 is 0 Å². The first-order valence-corrected chi connectivity index (χ1v) is 5.18. The number of hydrogen-bond donors (Lipinski definition) is 0. The van der Waals surface area contributed by atoms with Gasteiger partial charge in [0.25, 0.3) is 0 Å². The van der Waals surface area contributed by atoms with E-state index < -0.39 is 0 Å². The lowest BCUT2D eigenvalue weighted by atomic mass is 9.67. The molecule has 1 aliphatic carbocycles. The van der Waals surface area contributed by atoms with Crippen LogP contribution in [0.15, 0.2) is 12.2 Å². The molecule has 0 bridgehead atoms. The zero-order chi connectivity index (χ0) is 10.8. The lowest BCUT2D eigenvalue weighted by Gasteiger charge is -2.37. The molecule has 0 amide bonds. The normalized spacial score (nSPS) is 29.1. The molecule has 14 heavy (non-hydrogen) atoms. The van der Waals surface area contributed by atoms with Crippen LogP contribution in [-0.4, -0.2) is 12.6 Å². The standard InChI is InChI=1S/C12H20O2/c1-10(13)14-9-8-12(4)7-5-6-11(12,2)3/h5,7H,6,8-9H2,1-4H3. The van der Waals surface area contributed by atoms with Crippen LogP contribution in [0.25, 0.3) is 0 Å². The van der Waals surface area contributed by atoms with E-state index in [1.165, 1.54) is 6.92 Å². The van der Waals surface area contributed by atoms with Gasteiger partial charge >= 0.3 is 5.97 Å². The molecule has 0 N–H and O–H groups in total. The number of allylic oxidation sites excluding steroid dienone is 2. The van der Waals surface area contributed by atoms with Crippen LogP contribution in [0, 0.1) is 10.8 Å². The van der Waals surface area contributed by atoms with Crippen LogP contribution in [0.5, 0.6) is 0 Å². The maximum atomic E-state index is 10.6. The third kappa shape index (κ3) is 2.17. The minimum atomic E-state index is -0.187. The van der Waals surface area contributed by atoms with Crippen molar-refractivity contribution in [3.8, 4) is 0 Å². The summed E-state index contributed by atoms with van der Waals surface area (Å²) in [5.74, 6) is -0.187. The Kier molecular flexibility index (Phi) is 3.03. The van der Waals surface area contributed by atoms with Gasteiger partial charge in [-0.3, -0.25) is 4.79 Å². The minimum Gasteiger partial charge on any atom is -0.466 e. The Morgan fingerprint density at radius 3 is 2.50 bits per heavy atom. The maximum absolute atomic E-state index is 10.6. The zero-order valence-corrected chi connectivity index (χ0v) is 9.59. The fourth-order valence-corrected chi connectivity index (χ4v) is 1.90. The van der Waals surface area contributed by atoms with Gasteiger partial charge in [0.2, 0.25) is 0 Å². The molecule has 0 saturated carbocycles. The van der Waals surface area contributed by atoms with Crippen LogP contribution in [-0.2, 0) is 9.53 Å². The highest BCUT2D eigenvalue weighted by Crippen LogP contribution is 2.49. The molecule has 0 heterocycles. The van der Waals surface area contributed by atoms with Crippen molar-refractivity contribution in [1.29, 1.82) is 0 Å². The number of carbonyl (C=O) groups excluding carboxylic acids is 1. The molecule has 0 saturated heterocycles. The number of carbonyl (C=O) groups is 1. The summed E-state index contributed by atoms with van der Waals surface area (Å²) in [7, 11) is 0. The predicted octanol–water partition coefficient (Wildman–Crippen LogP) is 2.93. The van der Waals surface area contributed by atoms with Crippen molar-refractivity contribution in [2.75, 3.05) is 6.61 Å². The third-order valence-corrected chi connectivity index (χ3v) is 3.59. The van der Waals surface area contributed by atoms with E-state index in [-0.39, 0.29) is 16.8 Å². The summed E-state index contributed by atoms with van der Waals surface area (Å²) in [5, 5.41) is 0. The number of esters is 1. The summed E-state index contributed by atoms with van der Waals surface area (Å²) >= 11 is 0. The fourth-order valence-electron chi connectivity index (χ4n) is 1.90. The van der Waals surface area contributed by atoms with E-state index in [9.17, 15) is 4.79 Å². The van der Waals surface area contributed by atoms with E-state index in [2.05, 4.69) is 32.9 Å². The molecule has 0 spiro atoms. The molecule has 1 aliphatic rings. The van der Waals surface area contributed by atoms with Crippen molar-refractivity contribution in [2.45, 2.75) is 40.5 Å². The van der Waals surface area contributed by atoms with Gasteiger partial charge in [-0.25, -0.2) is 0 Å². The molecule has 2 nitrogen and oxygen atoms in total. The molecule has 1 atom stereocenters. The molecule has 0 aromatic rings. The average Bonchev–Trinajstić information content (AvgIpc) is 2.26. The van der Waals surface area contributed by atoms with Gasteiger partial charge in [0, 0.05) is 6.92 Å². The highest BCUT2D eigenvalue weighted by molar-refractivity contribution is 5.65. The third-order valence-electron chi connectivity index (χ3n) is 3.59. The highest BCUT2D eigenvalue weighted by atomic mass is 16.5. The first-order chi connectivity index (χ1) is 6.37. The predicted molar refractivity (Wildman–Crippen MR) is 56.9 cm³/mol. The van der Waals surface area contributed by atoms with Crippen LogP contribution >= 0.6 is 0 Å². The van der Waals surface area contributed by atoms with Gasteiger partial charge in [-0.1, -0.05) is 32.9 Å². The Bertz CT molecular complexity index is 253. The van der Waals surface area contributed by atoms with Crippen LogP contribution in [0.4, 0.5) is 0 Å². The Labute approximate surface area is 86.3 Å². The Morgan fingerprint density at radius 1 is 1.43 bits per heavy atom. The second-order valence-corrected chi connectivity index (χ2v) is 5.00. The van der Waals surface area contributed by atoms with Gasteiger partial charge in [0.1, 0.15) is 0 Å². The summed E-state index contributed by atoms with van der Waals surface area (Å²) in [6.07, 6.45) is 6.52. The first kappa shape index (κ1) is 11.3. The van der Waals surface area contributed by atoms with E-state index in [0.717, 1.165) is 12.8 Å². The average molecular weight is 196 g/mol. The molecular weight excluding hydrogens is 176 g/mol. The van der Waals surface area contributed by atoms with Crippen LogP contribution in [0.2, 0.25) is 0 Å². The molecular formula is C12H20O2. The van der Waals surface area contributed by atoms with E-state index in [0.29, 0.717) is 6.61 Å². The van der Waals surface area contributed by atoms with Gasteiger partial charge in [-0.15, -0.1) is 0 Å². The van der Waals surface area contributed by atoms with E-state index in [4.69, 9.17) is 4.74 Å². The molecule has 1 unspecified atom stereocenters. The molecule has 0 radical (unpaired) electrons. The smallest absolute Gasteiger partial charge is 0.302 e. The van der Waals surface area contributed by atoms with Gasteiger partial charge in [-0.2, -0.15) is 0 Å². The monoisotopic (exact) mass is 196 g/mol. The van der Waals surface area contributed by atoms with Crippen molar-refractivity contribution in [3.05, 3.63) is 12.2 Å². The van der Waals surface area contributed by atoms with Crippen LogP contribution in [0.3, 0.4) is 0 Å². The van der Waals surface area contributed by atoms with E-state index in [1.807, 2.05) is 0 Å². The topological polar surface area (TPSA) is 26.3 Å². The summed E-state index contributed by atoms with van der Waals surface area (Å²) in [5.41, 5.74) is 0.454. The summed E-state index contributed by atoms with van der Waals surface area (Å²) < 4.78 is 4.99. The molecule has 2 heteroatoms. The quantitative estimate of drug-likeness (QED) is 0.512. The minimum absolute atomic E-state index is 0.169. The van der Waals surface area contributed by atoms with Crippen molar-refractivity contribution in [3.63, 3.8) is 0 Å². The number of hydrogen-bond acceptors (Lipinski definition) is 2. The molecule has 0 aromatic heterocycles. The largest absolute Gasteiger partial charge is 0.466 e. The van der Waals surface area contributed by atoms with Crippen molar-refractivity contribution >= 4 is 5.97 Å². The summed E-state index contributed by atoms with van der Waals surface area (Å²) in [4.78, 5) is 10.6. The molecule has 80 valence electrons.